The van der Waals surface area contributed by atoms with E-state index < -0.39 is 0 Å². The van der Waals surface area contributed by atoms with Crippen LogP contribution >= 0.6 is 11.3 Å². The topological polar surface area (TPSA) is 132 Å². The SMILES string of the molecule is Cn1cc(-c2nn(-c3ccccc3)c3ccccc23)cc1CO.OCc1cc(-c2nn(-c3ccccc3)c3ccccc23)co1.OCc1cc(-c2nn(-c3ccccc3)c3ccccc23)cs1. The second-order valence-corrected chi connectivity index (χ2v) is 16.7. The van der Waals surface area contributed by atoms with Crippen LogP contribution in [0.5, 0.6) is 0 Å². The maximum atomic E-state index is 9.43. The molecule has 6 heterocycles. The quantitative estimate of drug-likeness (QED) is 0.131. The van der Waals surface area contributed by atoms with E-state index in [0.717, 1.165) is 94.1 Å². The third-order valence-electron chi connectivity index (χ3n) is 11.5. The van der Waals surface area contributed by atoms with Gasteiger partial charge in [0, 0.05) is 62.0 Å². The Balaban J connectivity index is 0.000000118. The van der Waals surface area contributed by atoms with Crippen molar-refractivity contribution in [2.45, 2.75) is 19.8 Å². The number of hydrogen-bond acceptors (Lipinski definition) is 8. The van der Waals surface area contributed by atoms with E-state index in [1.807, 2.05) is 177 Å². The Labute approximate surface area is 389 Å². The Kier molecular flexibility index (Phi) is 12.2. The number of para-hydroxylation sites is 6. The van der Waals surface area contributed by atoms with Gasteiger partial charge in [-0.05, 0) is 72.8 Å². The molecule has 0 aliphatic carbocycles. The van der Waals surface area contributed by atoms with Crippen molar-refractivity contribution in [2.24, 2.45) is 7.05 Å². The van der Waals surface area contributed by atoms with Crippen LogP contribution in [0.4, 0.5) is 0 Å². The van der Waals surface area contributed by atoms with Crippen LogP contribution in [0.2, 0.25) is 0 Å². The number of nitrogens with zero attached hydrogens (tertiary/aromatic N) is 7. The molecule has 0 radical (unpaired) electrons. The zero-order chi connectivity index (χ0) is 45.7. The molecule has 0 aliphatic heterocycles. The van der Waals surface area contributed by atoms with Gasteiger partial charge in [-0.25, -0.2) is 14.0 Å². The second-order valence-electron chi connectivity index (χ2n) is 15.7. The zero-order valence-electron chi connectivity index (χ0n) is 36.5. The fraction of sp³-hybridized carbons (Fsp3) is 0.0727. The number of aryl methyl sites for hydroxylation is 1. The zero-order valence-corrected chi connectivity index (χ0v) is 37.3. The summed E-state index contributed by atoms with van der Waals surface area (Å²) in [6, 6.07) is 60.6. The highest BCUT2D eigenvalue weighted by molar-refractivity contribution is 7.10. The molecule has 6 aromatic heterocycles. The minimum atomic E-state index is -0.114. The van der Waals surface area contributed by atoms with E-state index in [1.165, 1.54) is 0 Å². The molecule has 3 N–H and O–H groups in total. The molecule has 0 unspecified atom stereocenters. The van der Waals surface area contributed by atoms with Crippen LogP contribution in [0.3, 0.4) is 0 Å². The van der Waals surface area contributed by atoms with E-state index >= 15 is 0 Å². The lowest BCUT2D eigenvalue weighted by Gasteiger charge is -2.02. The lowest BCUT2D eigenvalue weighted by molar-refractivity contribution is 0.247. The Morgan fingerprint density at radius 3 is 1.30 bits per heavy atom. The summed E-state index contributed by atoms with van der Waals surface area (Å²) >= 11 is 1.56. The van der Waals surface area contributed by atoms with Crippen LogP contribution in [0.25, 0.3) is 83.5 Å². The summed E-state index contributed by atoms with van der Waals surface area (Å²) < 4.78 is 13.1. The molecule has 0 bridgehead atoms. The van der Waals surface area contributed by atoms with Crippen molar-refractivity contribution in [1.29, 1.82) is 0 Å². The van der Waals surface area contributed by atoms with E-state index in [1.54, 1.807) is 17.6 Å². The monoisotopic (exact) mass is 899 g/mol. The summed E-state index contributed by atoms with van der Waals surface area (Å²) in [4.78, 5) is 0.952. The summed E-state index contributed by atoms with van der Waals surface area (Å²) in [6.45, 7) is -0.0207. The second kappa shape index (κ2) is 19.1. The fourth-order valence-electron chi connectivity index (χ4n) is 8.21. The summed E-state index contributed by atoms with van der Waals surface area (Å²) in [5.74, 6) is 0.536. The Bertz CT molecular complexity index is 3410. The molecule has 0 spiro atoms. The smallest absolute Gasteiger partial charge is 0.129 e. The summed E-state index contributed by atoms with van der Waals surface area (Å²) in [5, 5.41) is 47.6. The molecule has 0 fully saturated rings. The van der Waals surface area contributed by atoms with Crippen molar-refractivity contribution in [3.8, 4) is 50.8 Å². The predicted octanol–water partition coefficient (Wildman–Crippen LogP) is 11.5. The van der Waals surface area contributed by atoms with Gasteiger partial charge in [-0.15, -0.1) is 11.3 Å². The maximum Gasteiger partial charge on any atom is 0.129 e. The van der Waals surface area contributed by atoms with Crippen LogP contribution in [0.15, 0.2) is 204 Å². The molecule has 0 saturated heterocycles. The number of hydrogen-bond donors (Lipinski definition) is 3. The van der Waals surface area contributed by atoms with Crippen molar-refractivity contribution in [2.75, 3.05) is 0 Å². The van der Waals surface area contributed by atoms with Crippen LogP contribution in [-0.4, -0.2) is 49.2 Å². The molecule has 0 atom stereocenters. The van der Waals surface area contributed by atoms with Crippen molar-refractivity contribution in [3.63, 3.8) is 0 Å². The van der Waals surface area contributed by atoms with E-state index in [2.05, 4.69) is 41.8 Å². The van der Waals surface area contributed by atoms with Gasteiger partial charge in [0.25, 0.3) is 0 Å². The Morgan fingerprint density at radius 2 is 0.896 bits per heavy atom. The highest BCUT2D eigenvalue weighted by Crippen LogP contribution is 2.34. The summed E-state index contributed by atoms with van der Waals surface area (Å²) in [6.07, 6.45) is 3.64. The molecule has 12 rings (SSSR count). The maximum absolute atomic E-state index is 9.43. The summed E-state index contributed by atoms with van der Waals surface area (Å²) in [7, 11) is 1.94. The molecule has 11 nitrogen and oxygen atoms in total. The lowest BCUT2D eigenvalue weighted by atomic mass is 10.1. The van der Waals surface area contributed by atoms with Crippen molar-refractivity contribution < 1.29 is 19.7 Å². The number of aliphatic hydroxyl groups is 3. The highest BCUT2D eigenvalue weighted by atomic mass is 32.1. The van der Waals surface area contributed by atoms with Crippen LogP contribution in [-0.2, 0) is 26.9 Å². The van der Waals surface area contributed by atoms with Crippen molar-refractivity contribution in [3.05, 3.63) is 216 Å². The van der Waals surface area contributed by atoms with Crippen LogP contribution in [0, 0.1) is 0 Å². The summed E-state index contributed by atoms with van der Waals surface area (Å²) in [5.41, 5.74) is 12.8. The van der Waals surface area contributed by atoms with Gasteiger partial charge in [0.05, 0.1) is 46.8 Å². The molecule has 330 valence electrons. The largest absolute Gasteiger partial charge is 0.466 e. The first-order valence-corrected chi connectivity index (χ1v) is 22.6. The molecule has 67 heavy (non-hydrogen) atoms. The van der Waals surface area contributed by atoms with Gasteiger partial charge in [-0.3, -0.25) is 0 Å². The van der Waals surface area contributed by atoms with Gasteiger partial charge < -0.3 is 24.3 Å². The van der Waals surface area contributed by atoms with Crippen LogP contribution < -0.4 is 0 Å². The van der Waals surface area contributed by atoms with E-state index in [9.17, 15) is 15.3 Å². The van der Waals surface area contributed by atoms with Crippen molar-refractivity contribution in [1.82, 2.24) is 33.9 Å². The minimum absolute atomic E-state index is 0.0217. The van der Waals surface area contributed by atoms with Gasteiger partial charge in [0.1, 0.15) is 35.7 Å². The molecule has 12 aromatic rings. The number of aliphatic hydroxyl groups excluding tert-OH is 3. The van der Waals surface area contributed by atoms with Gasteiger partial charge in [-0.2, -0.15) is 15.3 Å². The third-order valence-corrected chi connectivity index (χ3v) is 12.4. The predicted molar refractivity (Wildman–Crippen MR) is 266 cm³/mol. The van der Waals surface area contributed by atoms with E-state index in [4.69, 9.17) is 19.7 Å². The first kappa shape index (κ1) is 42.8. The molecule has 0 saturated carbocycles. The normalized spacial score (nSPS) is 11.2. The highest BCUT2D eigenvalue weighted by Gasteiger charge is 2.18. The molecule has 6 aromatic carbocycles. The van der Waals surface area contributed by atoms with Gasteiger partial charge in [0.15, 0.2) is 0 Å². The molecular formula is C55H45N7O4S. The van der Waals surface area contributed by atoms with E-state index in [-0.39, 0.29) is 19.8 Å². The van der Waals surface area contributed by atoms with Gasteiger partial charge in [0.2, 0.25) is 0 Å². The number of rotatable bonds is 9. The molecular weight excluding hydrogens is 855 g/mol. The molecule has 0 amide bonds. The molecule has 0 aliphatic rings. The van der Waals surface area contributed by atoms with E-state index in [0.29, 0.717) is 5.76 Å². The van der Waals surface area contributed by atoms with Gasteiger partial charge in [-0.1, -0.05) is 109 Å². The molecule has 12 heteroatoms. The number of benzene rings is 6. The first-order valence-electron chi connectivity index (χ1n) is 21.7. The Morgan fingerprint density at radius 1 is 0.463 bits per heavy atom. The number of fused-ring (bicyclic) bond motifs is 3. The fourth-order valence-corrected chi connectivity index (χ4v) is 8.94. The number of thiophene rings is 1. The average molecular weight is 900 g/mol. The third kappa shape index (κ3) is 8.61. The number of aromatic nitrogens is 7. The first-order chi connectivity index (χ1) is 33.0. The van der Waals surface area contributed by atoms with Gasteiger partial charge >= 0.3 is 0 Å². The van der Waals surface area contributed by atoms with Crippen LogP contribution in [0.1, 0.15) is 16.3 Å². The average Bonchev–Trinajstić information content (AvgIpc) is 4.27. The minimum Gasteiger partial charge on any atom is -0.466 e. The van der Waals surface area contributed by atoms with Crippen molar-refractivity contribution >= 4 is 44.0 Å². The lowest BCUT2D eigenvalue weighted by Crippen LogP contribution is -1.95. The Hall–Kier alpha value is -8.13. The standard InChI is InChI=1S/C19H17N3O.C18H14N2O2.C18H14N2OS/c1-21-12-14(11-16(21)13-23)19-17-9-5-6-10-18(17)22(20-19)15-7-3-2-4-8-15;2*21-11-15-10-13(12-22-15)18-16-8-4-5-9-17(16)20(19-18)14-6-2-1-3-7-14/h2-12,23H,13H2,1H3;2*1-10,12,21H,11H2. The number of furan rings is 1.